The van der Waals surface area contributed by atoms with Crippen molar-refractivity contribution in [2.75, 3.05) is 13.1 Å². The van der Waals surface area contributed by atoms with Crippen LogP contribution in [-0.2, 0) is 0 Å². The van der Waals surface area contributed by atoms with Crippen LogP contribution in [0.25, 0.3) is 0 Å². The highest BCUT2D eigenvalue weighted by atomic mass is 16.3. The molecular weight excluding hydrogens is 188 g/mol. The van der Waals surface area contributed by atoms with E-state index in [1.807, 2.05) is 13.8 Å². The summed E-state index contributed by atoms with van der Waals surface area (Å²) in [6.45, 7) is 9.47. The quantitative estimate of drug-likeness (QED) is 0.634. The first-order valence-electron chi connectivity index (χ1n) is 5.67. The summed E-state index contributed by atoms with van der Waals surface area (Å²) in [5, 5.41) is 21.6. The maximum atomic E-state index is 9.58. The molecule has 3 nitrogen and oxygen atoms in total. The van der Waals surface area contributed by atoms with E-state index < -0.39 is 0 Å². The highest BCUT2D eigenvalue weighted by Gasteiger charge is 2.15. The van der Waals surface area contributed by atoms with E-state index in [4.69, 9.17) is 5.26 Å². The molecule has 0 saturated heterocycles. The fourth-order valence-corrected chi connectivity index (χ4v) is 1.35. The van der Waals surface area contributed by atoms with Gasteiger partial charge in [-0.3, -0.25) is 0 Å². The summed E-state index contributed by atoms with van der Waals surface area (Å²) in [5.41, 5.74) is -0.268. The van der Waals surface area contributed by atoms with Crippen LogP contribution in [0.3, 0.4) is 0 Å². The number of hydrogen-bond acceptors (Lipinski definition) is 3. The highest BCUT2D eigenvalue weighted by molar-refractivity contribution is 4.91. The zero-order valence-electron chi connectivity index (χ0n) is 10.4. The third-order valence-corrected chi connectivity index (χ3v) is 2.35. The van der Waals surface area contributed by atoms with Crippen LogP contribution in [-0.4, -0.2) is 24.3 Å². The van der Waals surface area contributed by atoms with Gasteiger partial charge in [-0.2, -0.15) is 5.26 Å². The molecule has 1 atom stereocenters. The molecule has 1 unspecified atom stereocenters. The van der Waals surface area contributed by atoms with Crippen LogP contribution in [0.15, 0.2) is 0 Å². The molecule has 3 heteroatoms. The van der Waals surface area contributed by atoms with Crippen molar-refractivity contribution in [3.05, 3.63) is 0 Å². The summed E-state index contributed by atoms with van der Waals surface area (Å²) >= 11 is 0. The number of aliphatic hydroxyl groups excluding tert-OH is 1. The fourth-order valence-electron chi connectivity index (χ4n) is 1.35. The number of hydrogen-bond donors (Lipinski definition) is 2. The number of nitriles is 1. The molecule has 88 valence electrons. The Bertz CT molecular complexity index is 206. The smallest absolute Gasteiger partial charge is 0.0684 e. The Morgan fingerprint density at radius 1 is 1.40 bits per heavy atom. The average Bonchev–Trinajstić information content (AvgIpc) is 2.11. The van der Waals surface area contributed by atoms with E-state index in [1.54, 1.807) is 0 Å². The molecule has 0 heterocycles. The predicted octanol–water partition coefficient (Wildman–Crippen LogP) is 1.92. The van der Waals surface area contributed by atoms with Crippen molar-refractivity contribution in [1.82, 2.24) is 5.32 Å². The van der Waals surface area contributed by atoms with Crippen molar-refractivity contribution in [1.29, 1.82) is 5.26 Å². The molecule has 0 saturated carbocycles. The topological polar surface area (TPSA) is 56.0 Å². The first-order valence-corrected chi connectivity index (χ1v) is 5.67. The van der Waals surface area contributed by atoms with E-state index in [0.717, 1.165) is 19.4 Å². The summed E-state index contributed by atoms with van der Waals surface area (Å²) in [5.74, 6) is 0.525. The number of nitrogens with one attached hydrogen (secondary N) is 1. The van der Waals surface area contributed by atoms with Gasteiger partial charge >= 0.3 is 0 Å². The van der Waals surface area contributed by atoms with E-state index in [2.05, 4.69) is 25.2 Å². The Hall–Kier alpha value is -0.590. The van der Waals surface area contributed by atoms with Crippen LogP contribution in [0.1, 0.15) is 40.5 Å². The molecule has 15 heavy (non-hydrogen) atoms. The maximum Gasteiger partial charge on any atom is 0.0684 e. The minimum atomic E-state index is -0.268. The summed E-state index contributed by atoms with van der Waals surface area (Å²) < 4.78 is 0. The Morgan fingerprint density at radius 3 is 2.47 bits per heavy atom. The molecule has 0 aliphatic carbocycles. The fraction of sp³-hybridized carbons (Fsp3) is 0.917. The lowest BCUT2D eigenvalue weighted by molar-refractivity contribution is 0.145. The van der Waals surface area contributed by atoms with E-state index in [0.29, 0.717) is 12.5 Å². The maximum absolute atomic E-state index is 9.58. The van der Waals surface area contributed by atoms with Gasteiger partial charge in [0.2, 0.25) is 0 Å². The molecule has 0 rings (SSSR count). The van der Waals surface area contributed by atoms with E-state index in [-0.39, 0.29) is 11.5 Å². The lowest BCUT2D eigenvalue weighted by Gasteiger charge is -2.17. The van der Waals surface area contributed by atoms with Crippen molar-refractivity contribution < 1.29 is 5.11 Å². The van der Waals surface area contributed by atoms with E-state index in [1.165, 1.54) is 0 Å². The Morgan fingerprint density at radius 2 is 2.00 bits per heavy atom. The molecule has 0 aromatic rings. The van der Waals surface area contributed by atoms with Gasteiger partial charge in [0.1, 0.15) is 0 Å². The highest BCUT2D eigenvalue weighted by Crippen LogP contribution is 2.17. The summed E-state index contributed by atoms with van der Waals surface area (Å²) in [4.78, 5) is 0. The molecule has 0 fully saturated rings. The van der Waals surface area contributed by atoms with Crippen LogP contribution in [0.4, 0.5) is 0 Å². The second-order valence-electron chi connectivity index (χ2n) is 5.23. The van der Waals surface area contributed by atoms with Gasteiger partial charge in [0, 0.05) is 6.54 Å². The van der Waals surface area contributed by atoms with Crippen molar-refractivity contribution in [3.8, 4) is 6.07 Å². The first kappa shape index (κ1) is 14.4. The molecule has 2 N–H and O–H groups in total. The standard InChI is InChI=1S/C12H24N2O/c1-10(2)7-11(15)8-14-6-5-12(3,4)9-13/h10-11,14-15H,5-8H2,1-4H3. The Balaban J connectivity index is 3.51. The zero-order chi connectivity index (χ0) is 11.9. The minimum Gasteiger partial charge on any atom is -0.392 e. The Kier molecular flexibility index (Phi) is 6.55. The van der Waals surface area contributed by atoms with Crippen molar-refractivity contribution in [2.45, 2.75) is 46.6 Å². The molecule has 0 amide bonds. The van der Waals surface area contributed by atoms with Crippen molar-refractivity contribution >= 4 is 0 Å². The van der Waals surface area contributed by atoms with Gasteiger partial charge in [-0.1, -0.05) is 13.8 Å². The number of rotatable bonds is 7. The molecule has 0 aliphatic heterocycles. The van der Waals surface area contributed by atoms with Gasteiger partial charge < -0.3 is 10.4 Å². The third kappa shape index (κ3) is 8.41. The first-order chi connectivity index (χ1) is 6.87. The van der Waals surface area contributed by atoms with Gasteiger partial charge in [0.15, 0.2) is 0 Å². The van der Waals surface area contributed by atoms with Crippen LogP contribution in [0.5, 0.6) is 0 Å². The van der Waals surface area contributed by atoms with E-state index in [9.17, 15) is 5.11 Å². The van der Waals surface area contributed by atoms with Crippen LogP contribution in [0.2, 0.25) is 0 Å². The third-order valence-electron chi connectivity index (χ3n) is 2.35. The average molecular weight is 212 g/mol. The van der Waals surface area contributed by atoms with E-state index >= 15 is 0 Å². The predicted molar refractivity (Wildman–Crippen MR) is 62.3 cm³/mol. The minimum absolute atomic E-state index is 0.268. The zero-order valence-corrected chi connectivity index (χ0v) is 10.4. The van der Waals surface area contributed by atoms with Crippen LogP contribution >= 0.6 is 0 Å². The SMILES string of the molecule is CC(C)CC(O)CNCCC(C)(C)C#N. The van der Waals surface area contributed by atoms with Crippen molar-refractivity contribution in [2.24, 2.45) is 11.3 Å². The molecule has 0 spiro atoms. The van der Waals surface area contributed by atoms with Crippen LogP contribution in [0, 0.1) is 22.7 Å². The lowest BCUT2D eigenvalue weighted by atomic mass is 9.91. The summed E-state index contributed by atoms with van der Waals surface area (Å²) in [6, 6.07) is 2.26. The molecule has 0 aliphatic rings. The normalized spacial score (nSPS) is 13.9. The van der Waals surface area contributed by atoms with Crippen LogP contribution < -0.4 is 5.32 Å². The van der Waals surface area contributed by atoms with Gasteiger partial charge in [-0.25, -0.2) is 0 Å². The summed E-state index contributed by atoms with van der Waals surface area (Å²) in [7, 11) is 0. The summed E-state index contributed by atoms with van der Waals surface area (Å²) in [6.07, 6.45) is 1.38. The second kappa shape index (κ2) is 6.81. The van der Waals surface area contributed by atoms with Gasteiger partial charge in [-0.05, 0) is 39.2 Å². The second-order valence-corrected chi connectivity index (χ2v) is 5.23. The largest absolute Gasteiger partial charge is 0.392 e. The Labute approximate surface area is 93.5 Å². The van der Waals surface area contributed by atoms with Crippen molar-refractivity contribution in [3.63, 3.8) is 0 Å². The molecule has 0 aromatic heterocycles. The van der Waals surface area contributed by atoms with Gasteiger partial charge in [-0.15, -0.1) is 0 Å². The molecule has 0 bridgehead atoms. The molecular formula is C12H24N2O. The number of aliphatic hydroxyl groups is 1. The van der Waals surface area contributed by atoms with Gasteiger partial charge in [0.25, 0.3) is 0 Å². The molecule has 0 radical (unpaired) electrons. The molecule has 0 aromatic carbocycles. The van der Waals surface area contributed by atoms with Gasteiger partial charge in [0.05, 0.1) is 17.6 Å². The monoisotopic (exact) mass is 212 g/mol. The number of nitrogens with zero attached hydrogens (tertiary/aromatic N) is 1. The lowest BCUT2D eigenvalue weighted by Crippen LogP contribution is -2.30.